The molecule has 1 aliphatic carbocycles. The van der Waals surface area contributed by atoms with Gasteiger partial charge in [-0.3, -0.25) is 4.79 Å². The highest BCUT2D eigenvalue weighted by Gasteiger charge is 2.35. The molecule has 1 amide bonds. The van der Waals surface area contributed by atoms with E-state index in [1.165, 1.54) is 6.92 Å². The smallest absolute Gasteiger partial charge is 0.241 e. The number of aryl methyl sites for hydroxylation is 1. The van der Waals surface area contributed by atoms with Crippen molar-refractivity contribution in [3.05, 3.63) is 58.6 Å². The van der Waals surface area contributed by atoms with Crippen LogP contribution in [0, 0.1) is 5.92 Å². The van der Waals surface area contributed by atoms with Gasteiger partial charge in [0.15, 0.2) is 0 Å². The molecule has 1 unspecified atom stereocenters. The van der Waals surface area contributed by atoms with E-state index in [1.54, 1.807) is 35.2 Å². The van der Waals surface area contributed by atoms with Crippen LogP contribution in [0.25, 0.3) is 0 Å². The molecule has 2 aromatic carbocycles. The SMILES string of the molecule is CC(=O)N1CCCc2cc(S(=O)(=O)NC(c3ccc(Cl)cc3)C3CC3)ccc21. The van der Waals surface area contributed by atoms with E-state index in [2.05, 4.69) is 4.72 Å². The minimum Gasteiger partial charge on any atom is -0.312 e. The van der Waals surface area contributed by atoms with Crippen molar-refractivity contribution in [1.29, 1.82) is 0 Å². The second kappa shape index (κ2) is 7.50. The number of hydrogen-bond acceptors (Lipinski definition) is 3. The Morgan fingerprint density at radius 3 is 2.54 bits per heavy atom. The van der Waals surface area contributed by atoms with Crippen LogP contribution in [0.3, 0.4) is 0 Å². The van der Waals surface area contributed by atoms with E-state index in [0.717, 1.165) is 42.5 Å². The summed E-state index contributed by atoms with van der Waals surface area (Å²) in [6.45, 7) is 2.21. The maximum atomic E-state index is 13.1. The minimum atomic E-state index is -3.68. The molecular formula is C21H23ClN2O3S. The third kappa shape index (κ3) is 3.95. The van der Waals surface area contributed by atoms with Gasteiger partial charge in [0.2, 0.25) is 15.9 Å². The summed E-state index contributed by atoms with van der Waals surface area (Å²) in [4.78, 5) is 13.8. The number of fused-ring (bicyclic) bond motifs is 1. The first-order valence-corrected chi connectivity index (χ1v) is 11.4. The zero-order valence-electron chi connectivity index (χ0n) is 15.7. The van der Waals surface area contributed by atoms with E-state index >= 15 is 0 Å². The third-order valence-corrected chi connectivity index (χ3v) is 7.16. The largest absolute Gasteiger partial charge is 0.312 e. The summed E-state index contributed by atoms with van der Waals surface area (Å²) in [5, 5.41) is 0.630. The molecule has 1 N–H and O–H groups in total. The molecule has 1 atom stereocenters. The first-order valence-electron chi connectivity index (χ1n) is 9.54. The molecule has 0 spiro atoms. The Balaban J connectivity index is 1.62. The van der Waals surface area contributed by atoms with E-state index in [4.69, 9.17) is 11.6 Å². The maximum absolute atomic E-state index is 13.1. The van der Waals surface area contributed by atoms with Crippen LogP contribution in [0.5, 0.6) is 0 Å². The number of halogens is 1. The van der Waals surface area contributed by atoms with Gasteiger partial charge in [-0.15, -0.1) is 0 Å². The molecular weight excluding hydrogens is 396 g/mol. The van der Waals surface area contributed by atoms with Crippen molar-refractivity contribution in [2.24, 2.45) is 5.92 Å². The minimum absolute atomic E-state index is 0.0220. The van der Waals surface area contributed by atoms with Gasteiger partial charge in [-0.1, -0.05) is 23.7 Å². The molecule has 5 nitrogen and oxygen atoms in total. The molecule has 2 aromatic rings. The Labute approximate surface area is 170 Å². The Kier molecular flexibility index (Phi) is 5.21. The van der Waals surface area contributed by atoms with E-state index in [-0.39, 0.29) is 16.8 Å². The topological polar surface area (TPSA) is 66.5 Å². The summed E-state index contributed by atoms with van der Waals surface area (Å²) in [7, 11) is -3.68. The van der Waals surface area contributed by atoms with Gasteiger partial charge in [0.05, 0.1) is 4.90 Å². The van der Waals surface area contributed by atoms with Crippen molar-refractivity contribution in [2.45, 2.75) is 43.5 Å². The molecule has 1 heterocycles. The predicted octanol–water partition coefficient (Wildman–Crippen LogP) is 4.07. The Morgan fingerprint density at radius 1 is 1.18 bits per heavy atom. The van der Waals surface area contributed by atoms with Gasteiger partial charge in [-0.2, -0.15) is 0 Å². The van der Waals surface area contributed by atoms with Gasteiger partial charge in [0, 0.05) is 30.2 Å². The Hall–Kier alpha value is -1.89. The summed E-state index contributed by atoms with van der Waals surface area (Å²) in [5.74, 6) is 0.285. The van der Waals surface area contributed by atoms with Gasteiger partial charge in [0.25, 0.3) is 0 Å². The monoisotopic (exact) mass is 418 g/mol. The summed E-state index contributed by atoms with van der Waals surface area (Å²) in [5.41, 5.74) is 2.64. The fourth-order valence-corrected chi connectivity index (χ4v) is 5.31. The summed E-state index contributed by atoms with van der Waals surface area (Å²) in [6.07, 6.45) is 3.62. The molecule has 2 aliphatic rings. The predicted molar refractivity (Wildman–Crippen MR) is 110 cm³/mol. The van der Waals surface area contributed by atoms with Crippen LogP contribution in [-0.4, -0.2) is 20.9 Å². The van der Waals surface area contributed by atoms with Crippen LogP contribution in [-0.2, 0) is 21.2 Å². The van der Waals surface area contributed by atoms with Crippen LogP contribution < -0.4 is 9.62 Å². The summed E-state index contributed by atoms with van der Waals surface area (Å²) in [6, 6.07) is 12.1. The lowest BCUT2D eigenvalue weighted by Gasteiger charge is -2.29. The molecule has 4 rings (SSSR count). The normalized spacial score (nSPS) is 17.9. The molecule has 148 valence electrons. The second-order valence-corrected chi connectivity index (χ2v) is 9.70. The van der Waals surface area contributed by atoms with E-state index in [1.807, 2.05) is 12.1 Å². The highest BCUT2D eigenvalue weighted by atomic mass is 35.5. The van der Waals surface area contributed by atoms with Crippen LogP contribution in [0.2, 0.25) is 5.02 Å². The maximum Gasteiger partial charge on any atom is 0.241 e. The van der Waals surface area contributed by atoms with Crippen molar-refractivity contribution < 1.29 is 13.2 Å². The average Bonchev–Trinajstić information content (AvgIpc) is 3.51. The molecule has 1 fully saturated rings. The van der Waals surface area contributed by atoms with Gasteiger partial charge in [0.1, 0.15) is 0 Å². The number of carbonyl (C=O) groups excluding carboxylic acids is 1. The Morgan fingerprint density at radius 2 is 1.89 bits per heavy atom. The van der Waals surface area contributed by atoms with Gasteiger partial charge in [-0.25, -0.2) is 13.1 Å². The molecule has 1 aliphatic heterocycles. The van der Waals surface area contributed by atoms with Crippen molar-refractivity contribution in [3.63, 3.8) is 0 Å². The number of carbonyl (C=O) groups is 1. The van der Waals surface area contributed by atoms with Crippen LogP contribution in [0.4, 0.5) is 5.69 Å². The lowest BCUT2D eigenvalue weighted by atomic mass is 10.0. The number of amides is 1. The van der Waals surface area contributed by atoms with Crippen LogP contribution >= 0.6 is 11.6 Å². The summed E-state index contributed by atoms with van der Waals surface area (Å²) < 4.78 is 29.1. The molecule has 0 saturated heterocycles. The van der Waals surface area contributed by atoms with Crippen molar-refractivity contribution >= 4 is 33.2 Å². The van der Waals surface area contributed by atoms with E-state index in [9.17, 15) is 13.2 Å². The standard InChI is InChI=1S/C21H23ClN2O3S/c1-14(25)24-12-2-3-17-13-19(10-11-20(17)24)28(26,27)23-21(15-4-5-15)16-6-8-18(22)9-7-16/h6-11,13,15,21,23H,2-5,12H2,1H3. The van der Waals surface area contributed by atoms with Gasteiger partial charge >= 0.3 is 0 Å². The van der Waals surface area contributed by atoms with Gasteiger partial charge in [-0.05, 0) is 73.1 Å². The van der Waals surface area contributed by atoms with Crippen LogP contribution in [0.1, 0.15) is 43.4 Å². The molecule has 1 saturated carbocycles. The fraction of sp³-hybridized carbons (Fsp3) is 0.381. The number of hydrogen-bond donors (Lipinski definition) is 1. The average molecular weight is 419 g/mol. The first-order chi connectivity index (χ1) is 13.3. The van der Waals surface area contributed by atoms with Crippen molar-refractivity contribution in [3.8, 4) is 0 Å². The van der Waals surface area contributed by atoms with Gasteiger partial charge < -0.3 is 4.90 Å². The number of sulfonamides is 1. The second-order valence-electron chi connectivity index (χ2n) is 7.55. The molecule has 7 heteroatoms. The lowest BCUT2D eigenvalue weighted by molar-refractivity contribution is -0.116. The molecule has 0 radical (unpaired) electrons. The van der Waals surface area contributed by atoms with Crippen molar-refractivity contribution in [1.82, 2.24) is 4.72 Å². The number of rotatable bonds is 5. The fourth-order valence-electron chi connectivity index (χ4n) is 3.84. The molecule has 0 bridgehead atoms. The zero-order chi connectivity index (χ0) is 19.9. The zero-order valence-corrected chi connectivity index (χ0v) is 17.3. The van der Waals surface area contributed by atoms with E-state index < -0.39 is 10.0 Å². The van der Waals surface area contributed by atoms with Crippen LogP contribution in [0.15, 0.2) is 47.4 Å². The lowest BCUT2D eigenvalue weighted by Crippen LogP contribution is -2.34. The third-order valence-electron chi connectivity index (χ3n) is 5.46. The number of benzene rings is 2. The number of nitrogens with one attached hydrogen (secondary N) is 1. The summed E-state index contributed by atoms with van der Waals surface area (Å²) >= 11 is 5.98. The first kappa shape index (κ1) is 19.4. The Bertz CT molecular complexity index is 1000. The highest BCUT2D eigenvalue weighted by Crippen LogP contribution is 2.42. The van der Waals surface area contributed by atoms with E-state index in [0.29, 0.717) is 17.5 Å². The highest BCUT2D eigenvalue weighted by molar-refractivity contribution is 7.89. The number of anilines is 1. The number of nitrogens with zero attached hydrogens (tertiary/aromatic N) is 1. The van der Waals surface area contributed by atoms with Crippen molar-refractivity contribution in [2.75, 3.05) is 11.4 Å². The molecule has 28 heavy (non-hydrogen) atoms. The quantitative estimate of drug-likeness (QED) is 0.795. The molecule has 0 aromatic heterocycles.